The number of likely N-dealkylation sites (N-methyl/N-ethyl adjacent to an activating group) is 1. The van der Waals surface area contributed by atoms with E-state index in [1.165, 1.54) is 0 Å². The van der Waals surface area contributed by atoms with Crippen molar-refractivity contribution in [2.75, 3.05) is 31.6 Å². The zero-order valence-electron chi connectivity index (χ0n) is 11.5. The number of benzene rings is 1. The van der Waals surface area contributed by atoms with Gasteiger partial charge in [-0.1, -0.05) is 6.07 Å². The topological polar surface area (TPSA) is 6.48 Å². The Kier molecular flexibility index (Phi) is 4.49. The first-order valence-corrected chi connectivity index (χ1v) is 7.07. The van der Waals surface area contributed by atoms with Crippen LogP contribution in [-0.4, -0.2) is 37.6 Å². The lowest BCUT2D eigenvalue weighted by Gasteiger charge is -2.40. The second-order valence-corrected chi connectivity index (χ2v) is 5.53. The summed E-state index contributed by atoms with van der Waals surface area (Å²) in [4.78, 5) is 3.96. The van der Waals surface area contributed by atoms with Gasteiger partial charge >= 0.3 is 6.18 Å². The van der Waals surface area contributed by atoms with E-state index in [0.29, 0.717) is 18.7 Å². The maximum atomic E-state index is 13.2. The fraction of sp³-hybridized carbons (Fsp3) is 0.571. The number of halogens is 4. The molecule has 1 aromatic rings. The van der Waals surface area contributed by atoms with Gasteiger partial charge in [0.2, 0.25) is 0 Å². The Morgan fingerprint density at radius 1 is 1.30 bits per heavy atom. The number of hydrogen-bond acceptors (Lipinski definition) is 2. The Morgan fingerprint density at radius 2 is 2.00 bits per heavy atom. The number of anilines is 1. The molecular formula is C14H18ClF3N2. The molecule has 1 unspecified atom stereocenters. The van der Waals surface area contributed by atoms with Gasteiger partial charge in [0.15, 0.2) is 0 Å². The molecule has 6 heteroatoms. The minimum absolute atomic E-state index is 0.0858. The molecule has 1 aliphatic rings. The molecule has 0 amide bonds. The largest absolute Gasteiger partial charge is 0.418 e. The van der Waals surface area contributed by atoms with E-state index in [9.17, 15) is 13.2 Å². The van der Waals surface area contributed by atoms with E-state index in [4.69, 9.17) is 11.6 Å². The minimum atomic E-state index is -4.36. The third-order valence-electron chi connectivity index (χ3n) is 3.82. The van der Waals surface area contributed by atoms with Gasteiger partial charge in [0.25, 0.3) is 0 Å². The smallest absolute Gasteiger partial charge is 0.368 e. The summed E-state index contributed by atoms with van der Waals surface area (Å²) in [6.07, 6.45) is -4.36. The molecule has 1 heterocycles. The SMILES string of the molecule is CC1CN(c2ccc(CCl)cc2C(F)(F)F)CCN1C. The highest BCUT2D eigenvalue weighted by Crippen LogP contribution is 2.38. The second kappa shape index (κ2) is 5.82. The van der Waals surface area contributed by atoms with Crippen LogP contribution in [0.5, 0.6) is 0 Å². The standard InChI is InChI=1S/C14H18ClF3N2/c1-10-9-20(6-5-19(10)2)13-4-3-11(8-15)7-12(13)14(16,17)18/h3-4,7,10H,5-6,8-9H2,1-2H3. The molecule has 2 nitrogen and oxygen atoms in total. The van der Waals surface area contributed by atoms with E-state index in [-0.39, 0.29) is 17.6 Å². The van der Waals surface area contributed by atoms with Crippen molar-refractivity contribution in [1.82, 2.24) is 4.90 Å². The number of alkyl halides is 4. The molecule has 1 aliphatic heterocycles. The summed E-state index contributed by atoms with van der Waals surface area (Å²) in [6.45, 7) is 3.98. The molecule has 0 N–H and O–H groups in total. The lowest BCUT2D eigenvalue weighted by molar-refractivity contribution is -0.137. The predicted octanol–water partition coefficient (Wildman–Crippen LogP) is 3.58. The lowest BCUT2D eigenvalue weighted by atomic mass is 10.1. The van der Waals surface area contributed by atoms with Crippen molar-refractivity contribution in [3.8, 4) is 0 Å². The Balaban J connectivity index is 2.36. The van der Waals surface area contributed by atoms with E-state index in [2.05, 4.69) is 4.90 Å². The minimum Gasteiger partial charge on any atom is -0.368 e. The molecule has 112 valence electrons. The average Bonchev–Trinajstić information content (AvgIpc) is 2.40. The van der Waals surface area contributed by atoms with Crippen molar-refractivity contribution in [3.63, 3.8) is 0 Å². The summed E-state index contributed by atoms with van der Waals surface area (Å²) in [7, 11) is 1.99. The van der Waals surface area contributed by atoms with Crippen LogP contribution in [0.1, 0.15) is 18.1 Å². The monoisotopic (exact) mass is 306 g/mol. The number of nitrogens with zero attached hydrogens (tertiary/aromatic N) is 2. The third kappa shape index (κ3) is 3.20. The first-order chi connectivity index (χ1) is 9.32. The van der Waals surface area contributed by atoms with Crippen molar-refractivity contribution < 1.29 is 13.2 Å². The zero-order chi connectivity index (χ0) is 14.9. The molecule has 0 aliphatic carbocycles. The highest BCUT2D eigenvalue weighted by molar-refractivity contribution is 6.17. The van der Waals surface area contributed by atoms with E-state index < -0.39 is 11.7 Å². The van der Waals surface area contributed by atoms with Crippen LogP contribution in [0, 0.1) is 0 Å². The summed E-state index contributed by atoms with van der Waals surface area (Å²) in [5, 5.41) is 0. The molecule has 2 rings (SSSR count). The van der Waals surface area contributed by atoms with Gasteiger partial charge in [-0.3, -0.25) is 0 Å². The normalized spacial score (nSPS) is 21.3. The van der Waals surface area contributed by atoms with Crippen LogP contribution in [0.25, 0.3) is 0 Å². The Bertz CT molecular complexity index is 476. The average molecular weight is 307 g/mol. The number of hydrogen-bond donors (Lipinski definition) is 0. The van der Waals surface area contributed by atoms with Crippen molar-refractivity contribution in [3.05, 3.63) is 29.3 Å². The molecular weight excluding hydrogens is 289 g/mol. The summed E-state index contributed by atoms with van der Waals surface area (Å²) < 4.78 is 39.6. The molecule has 0 saturated carbocycles. The maximum Gasteiger partial charge on any atom is 0.418 e. The molecule has 1 saturated heterocycles. The number of rotatable bonds is 2. The van der Waals surface area contributed by atoms with Gasteiger partial charge in [0.05, 0.1) is 5.56 Å². The predicted molar refractivity (Wildman–Crippen MR) is 75.3 cm³/mol. The summed E-state index contributed by atoms with van der Waals surface area (Å²) in [5.74, 6) is 0.0858. The van der Waals surface area contributed by atoms with Crippen molar-refractivity contribution >= 4 is 17.3 Å². The first kappa shape index (κ1) is 15.4. The number of piperazine rings is 1. The molecule has 1 atom stereocenters. The Hall–Kier alpha value is -0.940. The molecule has 0 bridgehead atoms. The lowest BCUT2D eigenvalue weighted by Crippen LogP contribution is -2.50. The van der Waals surface area contributed by atoms with Crippen molar-refractivity contribution in [1.29, 1.82) is 0 Å². The molecule has 0 radical (unpaired) electrons. The van der Waals surface area contributed by atoms with Crippen LogP contribution in [0.4, 0.5) is 18.9 Å². The second-order valence-electron chi connectivity index (χ2n) is 5.26. The molecule has 1 aromatic carbocycles. The van der Waals surface area contributed by atoms with Crippen LogP contribution < -0.4 is 4.90 Å². The van der Waals surface area contributed by atoms with Gasteiger partial charge in [0.1, 0.15) is 0 Å². The Labute approximate surface area is 122 Å². The Morgan fingerprint density at radius 3 is 2.55 bits per heavy atom. The van der Waals surface area contributed by atoms with Crippen LogP contribution in [0.3, 0.4) is 0 Å². The van der Waals surface area contributed by atoms with Gasteiger partial charge in [-0.2, -0.15) is 13.2 Å². The molecule has 0 spiro atoms. The van der Waals surface area contributed by atoms with Gasteiger partial charge in [-0.15, -0.1) is 11.6 Å². The quantitative estimate of drug-likeness (QED) is 0.771. The van der Waals surface area contributed by atoms with Gasteiger partial charge in [-0.25, -0.2) is 0 Å². The zero-order valence-corrected chi connectivity index (χ0v) is 12.3. The van der Waals surface area contributed by atoms with Crippen LogP contribution in [0.2, 0.25) is 0 Å². The third-order valence-corrected chi connectivity index (χ3v) is 4.13. The fourth-order valence-corrected chi connectivity index (χ4v) is 2.60. The molecule has 20 heavy (non-hydrogen) atoms. The van der Waals surface area contributed by atoms with Crippen molar-refractivity contribution in [2.24, 2.45) is 0 Å². The summed E-state index contributed by atoms with van der Waals surface area (Å²) >= 11 is 5.64. The van der Waals surface area contributed by atoms with Crippen LogP contribution >= 0.6 is 11.6 Å². The highest BCUT2D eigenvalue weighted by atomic mass is 35.5. The van der Waals surface area contributed by atoms with E-state index >= 15 is 0 Å². The summed E-state index contributed by atoms with van der Waals surface area (Å²) in [6, 6.07) is 4.60. The van der Waals surface area contributed by atoms with Gasteiger partial charge in [0, 0.05) is 37.2 Å². The summed E-state index contributed by atoms with van der Waals surface area (Å²) in [5.41, 5.74) is 0.156. The molecule has 1 fully saturated rings. The van der Waals surface area contributed by atoms with E-state index in [1.807, 2.05) is 18.9 Å². The van der Waals surface area contributed by atoms with E-state index in [1.54, 1.807) is 12.1 Å². The van der Waals surface area contributed by atoms with Crippen LogP contribution in [0.15, 0.2) is 18.2 Å². The van der Waals surface area contributed by atoms with Crippen molar-refractivity contribution in [2.45, 2.75) is 25.0 Å². The maximum absolute atomic E-state index is 13.2. The van der Waals surface area contributed by atoms with E-state index in [0.717, 1.165) is 12.6 Å². The fourth-order valence-electron chi connectivity index (χ4n) is 2.44. The molecule has 0 aromatic heterocycles. The van der Waals surface area contributed by atoms with Crippen LogP contribution in [-0.2, 0) is 12.1 Å². The first-order valence-electron chi connectivity index (χ1n) is 6.54. The van der Waals surface area contributed by atoms with Gasteiger partial charge < -0.3 is 9.80 Å². The highest BCUT2D eigenvalue weighted by Gasteiger charge is 2.36. The van der Waals surface area contributed by atoms with Gasteiger partial charge in [-0.05, 0) is 31.7 Å².